The predicted octanol–water partition coefficient (Wildman–Crippen LogP) is 5.86. The zero-order valence-electron chi connectivity index (χ0n) is 19.4. The van der Waals surface area contributed by atoms with Crippen molar-refractivity contribution in [1.82, 2.24) is 5.32 Å². The summed E-state index contributed by atoms with van der Waals surface area (Å²) in [6.45, 7) is 3.06. The number of benzene rings is 3. The molecule has 0 radical (unpaired) electrons. The molecule has 32 heavy (non-hydrogen) atoms. The fraction of sp³-hybridized carbons (Fsp3) is 0.286. The van der Waals surface area contributed by atoms with E-state index in [1.54, 1.807) is 21.3 Å². The van der Waals surface area contributed by atoms with E-state index < -0.39 is 0 Å². The molecule has 0 amide bonds. The highest BCUT2D eigenvalue weighted by atomic mass is 16.5. The Morgan fingerprint density at radius 1 is 0.812 bits per heavy atom. The lowest BCUT2D eigenvalue weighted by molar-refractivity contribution is 0.353. The number of methoxy groups -OCH3 is 3. The molecular weight excluding hydrogens is 398 g/mol. The molecule has 1 N–H and O–H groups in total. The molecule has 0 aliphatic heterocycles. The van der Waals surface area contributed by atoms with Gasteiger partial charge in [0.25, 0.3) is 0 Å². The van der Waals surface area contributed by atoms with Crippen LogP contribution in [0.5, 0.6) is 17.2 Å². The SMILES string of the molecule is COc1cccc(C(C)(CC=Cc2ccccc2)NCCc2ccc(OC)c(OC)c2)c1. The van der Waals surface area contributed by atoms with E-state index in [1.807, 2.05) is 30.3 Å². The van der Waals surface area contributed by atoms with Crippen molar-refractivity contribution < 1.29 is 14.2 Å². The second-order valence-electron chi connectivity index (χ2n) is 7.95. The quantitative estimate of drug-likeness (QED) is 0.413. The van der Waals surface area contributed by atoms with E-state index in [9.17, 15) is 0 Å². The lowest BCUT2D eigenvalue weighted by Gasteiger charge is -2.31. The third-order valence-corrected chi connectivity index (χ3v) is 5.72. The van der Waals surface area contributed by atoms with E-state index >= 15 is 0 Å². The van der Waals surface area contributed by atoms with Crippen LogP contribution in [0.1, 0.15) is 30.0 Å². The molecule has 4 heteroatoms. The molecule has 0 aliphatic rings. The molecule has 168 valence electrons. The van der Waals surface area contributed by atoms with E-state index in [1.165, 1.54) is 16.7 Å². The van der Waals surface area contributed by atoms with Crippen molar-refractivity contribution in [3.63, 3.8) is 0 Å². The van der Waals surface area contributed by atoms with Crippen molar-refractivity contribution in [1.29, 1.82) is 0 Å². The Morgan fingerprint density at radius 3 is 2.31 bits per heavy atom. The van der Waals surface area contributed by atoms with Crippen LogP contribution in [0.4, 0.5) is 0 Å². The van der Waals surface area contributed by atoms with Gasteiger partial charge in [0.2, 0.25) is 0 Å². The number of hydrogen-bond acceptors (Lipinski definition) is 4. The Bertz CT molecular complexity index is 1020. The average molecular weight is 432 g/mol. The van der Waals surface area contributed by atoms with Crippen LogP contribution < -0.4 is 19.5 Å². The highest BCUT2D eigenvalue weighted by molar-refractivity contribution is 5.49. The van der Waals surface area contributed by atoms with Gasteiger partial charge >= 0.3 is 0 Å². The Hall–Kier alpha value is -3.24. The van der Waals surface area contributed by atoms with E-state index in [2.05, 4.69) is 66.9 Å². The maximum absolute atomic E-state index is 5.47. The van der Waals surface area contributed by atoms with E-state index in [0.29, 0.717) is 0 Å². The summed E-state index contributed by atoms with van der Waals surface area (Å²) in [4.78, 5) is 0. The molecule has 0 saturated heterocycles. The molecule has 3 rings (SSSR count). The summed E-state index contributed by atoms with van der Waals surface area (Å²) < 4.78 is 16.3. The third-order valence-electron chi connectivity index (χ3n) is 5.72. The molecule has 1 unspecified atom stereocenters. The van der Waals surface area contributed by atoms with Crippen LogP contribution in [-0.4, -0.2) is 27.9 Å². The van der Waals surface area contributed by atoms with Crippen molar-refractivity contribution in [2.24, 2.45) is 0 Å². The second-order valence-corrected chi connectivity index (χ2v) is 7.95. The number of ether oxygens (including phenoxy) is 3. The van der Waals surface area contributed by atoms with Crippen LogP contribution >= 0.6 is 0 Å². The summed E-state index contributed by atoms with van der Waals surface area (Å²) in [5.41, 5.74) is 3.35. The molecule has 0 saturated carbocycles. The highest BCUT2D eigenvalue weighted by Crippen LogP contribution is 2.30. The smallest absolute Gasteiger partial charge is 0.160 e. The minimum Gasteiger partial charge on any atom is -0.497 e. The lowest BCUT2D eigenvalue weighted by atomic mass is 9.87. The molecule has 0 spiro atoms. The van der Waals surface area contributed by atoms with Crippen LogP contribution in [0.2, 0.25) is 0 Å². The molecule has 3 aromatic carbocycles. The zero-order valence-corrected chi connectivity index (χ0v) is 19.4. The fourth-order valence-electron chi connectivity index (χ4n) is 3.77. The molecule has 3 aromatic rings. The third kappa shape index (κ3) is 6.14. The number of hydrogen-bond donors (Lipinski definition) is 1. The van der Waals surface area contributed by atoms with E-state index in [4.69, 9.17) is 14.2 Å². The van der Waals surface area contributed by atoms with Crippen LogP contribution in [0, 0.1) is 0 Å². The number of rotatable bonds is 11. The Morgan fingerprint density at radius 2 is 1.59 bits per heavy atom. The molecule has 0 aliphatic carbocycles. The molecule has 0 fully saturated rings. The molecule has 0 heterocycles. The topological polar surface area (TPSA) is 39.7 Å². The van der Waals surface area contributed by atoms with Gasteiger partial charge in [0.05, 0.1) is 21.3 Å². The summed E-state index contributed by atoms with van der Waals surface area (Å²) in [5.74, 6) is 2.37. The van der Waals surface area contributed by atoms with Crippen molar-refractivity contribution in [2.75, 3.05) is 27.9 Å². The molecule has 0 aromatic heterocycles. The van der Waals surface area contributed by atoms with Gasteiger partial charge in [0.15, 0.2) is 11.5 Å². The normalized spacial score (nSPS) is 13.0. The Kier molecular flexibility index (Phi) is 8.34. The maximum atomic E-state index is 5.47. The first-order valence-electron chi connectivity index (χ1n) is 10.9. The van der Waals surface area contributed by atoms with Gasteiger partial charge in [0.1, 0.15) is 5.75 Å². The first kappa shape index (κ1) is 23.4. The summed E-state index contributed by atoms with van der Waals surface area (Å²) in [7, 11) is 5.02. The number of nitrogens with one attached hydrogen (secondary N) is 1. The zero-order chi connectivity index (χ0) is 22.8. The van der Waals surface area contributed by atoms with Crippen LogP contribution in [0.15, 0.2) is 78.9 Å². The summed E-state index contributed by atoms with van der Waals surface area (Å²) >= 11 is 0. The van der Waals surface area contributed by atoms with Gasteiger partial charge < -0.3 is 19.5 Å². The second kappa shape index (κ2) is 11.4. The van der Waals surface area contributed by atoms with Gasteiger partial charge in [-0.15, -0.1) is 0 Å². The molecule has 4 nitrogen and oxygen atoms in total. The Balaban J connectivity index is 1.75. The van der Waals surface area contributed by atoms with Crippen molar-refractivity contribution in [2.45, 2.75) is 25.3 Å². The maximum Gasteiger partial charge on any atom is 0.160 e. The van der Waals surface area contributed by atoms with Gasteiger partial charge in [-0.2, -0.15) is 0 Å². The first-order chi connectivity index (χ1) is 15.6. The highest BCUT2D eigenvalue weighted by Gasteiger charge is 2.25. The first-order valence-corrected chi connectivity index (χ1v) is 10.9. The average Bonchev–Trinajstić information content (AvgIpc) is 2.84. The summed E-state index contributed by atoms with van der Waals surface area (Å²) in [6, 6.07) is 24.8. The van der Waals surface area contributed by atoms with Gasteiger partial charge in [-0.3, -0.25) is 0 Å². The van der Waals surface area contributed by atoms with Crippen molar-refractivity contribution in [3.8, 4) is 17.2 Å². The standard InChI is InChI=1S/C28H33NO3/c1-28(24-13-8-14-25(21-24)30-2,18-9-12-22-10-6-5-7-11-22)29-19-17-23-15-16-26(31-3)27(20-23)32-4/h5-16,20-21,29H,17-19H2,1-4H3. The van der Waals surface area contributed by atoms with Gasteiger partial charge in [-0.05, 0) is 60.7 Å². The predicted molar refractivity (Wildman–Crippen MR) is 132 cm³/mol. The fourth-order valence-corrected chi connectivity index (χ4v) is 3.77. The van der Waals surface area contributed by atoms with Gasteiger partial charge in [-0.1, -0.05) is 60.7 Å². The minimum atomic E-state index is -0.240. The van der Waals surface area contributed by atoms with Crippen molar-refractivity contribution >= 4 is 6.08 Å². The summed E-state index contributed by atoms with van der Waals surface area (Å²) in [5, 5.41) is 3.79. The molecular formula is C28H33NO3. The van der Waals surface area contributed by atoms with Crippen molar-refractivity contribution in [3.05, 3.63) is 95.6 Å². The summed E-state index contributed by atoms with van der Waals surface area (Å²) in [6.07, 6.45) is 6.13. The van der Waals surface area contributed by atoms with E-state index in [0.717, 1.165) is 36.6 Å². The van der Waals surface area contributed by atoms with E-state index in [-0.39, 0.29) is 5.54 Å². The largest absolute Gasteiger partial charge is 0.497 e. The Labute approximate surface area is 191 Å². The van der Waals surface area contributed by atoms with Crippen LogP contribution in [0.3, 0.4) is 0 Å². The molecule has 0 bridgehead atoms. The van der Waals surface area contributed by atoms with Gasteiger partial charge in [-0.25, -0.2) is 0 Å². The van der Waals surface area contributed by atoms with Gasteiger partial charge in [0, 0.05) is 12.1 Å². The minimum absolute atomic E-state index is 0.240. The van der Waals surface area contributed by atoms with Crippen LogP contribution in [0.25, 0.3) is 6.08 Å². The molecule has 1 atom stereocenters. The van der Waals surface area contributed by atoms with Crippen LogP contribution in [-0.2, 0) is 12.0 Å². The monoisotopic (exact) mass is 431 g/mol. The lowest BCUT2D eigenvalue weighted by Crippen LogP contribution is -2.40.